The lowest BCUT2D eigenvalue weighted by Gasteiger charge is -2.26. The monoisotopic (exact) mass is 313 g/mol. The van der Waals surface area contributed by atoms with Crippen LogP contribution in [0.25, 0.3) is 0 Å². The fourth-order valence-corrected chi connectivity index (χ4v) is 2.91. The van der Waals surface area contributed by atoms with Crippen LogP contribution < -0.4 is 5.32 Å². The maximum absolute atomic E-state index is 12.4. The third-order valence-corrected chi connectivity index (χ3v) is 4.26. The lowest BCUT2D eigenvalue weighted by molar-refractivity contribution is 0.0410. The fourth-order valence-electron chi connectivity index (χ4n) is 2.91. The molecule has 5 nitrogen and oxygen atoms in total. The molecule has 2 aromatic rings. The lowest BCUT2D eigenvalue weighted by atomic mass is 9.97. The summed E-state index contributed by atoms with van der Waals surface area (Å²) in [5.74, 6) is 0.190. The maximum Gasteiger partial charge on any atom is 0.269 e. The van der Waals surface area contributed by atoms with Crippen LogP contribution in [0.4, 0.5) is 0 Å². The Morgan fingerprint density at radius 1 is 1.43 bits per heavy atom. The highest BCUT2D eigenvalue weighted by atomic mass is 16.5. The Kier molecular flexibility index (Phi) is 4.48. The van der Waals surface area contributed by atoms with Crippen molar-refractivity contribution < 1.29 is 9.53 Å². The molecule has 0 aliphatic carbocycles. The summed E-state index contributed by atoms with van der Waals surface area (Å²) < 4.78 is 7.47. The quantitative estimate of drug-likeness (QED) is 0.944. The summed E-state index contributed by atoms with van der Waals surface area (Å²) in [6.45, 7) is 5.30. The minimum absolute atomic E-state index is 0.0818. The first kappa shape index (κ1) is 15.7. The van der Waals surface area contributed by atoms with Gasteiger partial charge in [0.15, 0.2) is 0 Å². The van der Waals surface area contributed by atoms with Crippen molar-refractivity contribution in [2.45, 2.75) is 32.3 Å². The molecule has 1 aromatic carbocycles. The zero-order valence-electron chi connectivity index (χ0n) is 13.9. The lowest BCUT2D eigenvalue weighted by Crippen LogP contribution is -2.32. The van der Waals surface area contributed by atoms with E-state index in [2.05, 4.69) is 36.4 Å². The van der Waals surface area contributed by atoms with Crippen LogP contribution in [0, 0.1) is 0 Å². The smallest absolute Gasteiger partial charge is 0.269 e. The molecule has 0 radical (unpaired) electrons. The number of nitrogens with zero attached hydrogens (tertiary/aromatic N) is 2. The van der Waals surface area contributed by atoms with Gasteiger partial charge in [-0.2, -0.15) is 5.10 Å². The van der Waals surface area contributed by atoms with Crippen molar-refractivity contribution in [1.82, 2.24) is 15.1 Å². The van der Waals surface area contributed by atoms with Crippen LogP contribution in [0.15, 0.2) is 30.3 Å². The first-order chi connectivity index (χ1) is 11.1. The van der Waals surface area contributed by atoms with Crippen molar-refractivity contribution in [2.24, 2.45) is 7.05 Å². The van der Waals surface area contributed by atoms with Crippen molar-refractivity contribution >= 4 is 5.91 Å². The van der Waals surface area contributed by atoms with Gasteiger partial charge in [0.25, 0.3) is 5.91 Å². The minimum atomic E-state index is -0.112. The van der Waals surface area contributed by atoms with Crippen LogP contribution in [-0.4, -0.2) is 28.8 Å². The number of aromatic nitrogens is 2. The second-order valence-electron chi connectivity index (χ2n) is 6.25. The van der Waals surface area contributed by atoms with Crippen LogP contribution in [0.2, 0.25) is 0 Å². The topological polar surface area (TPSA) is 56.1 Å². The highest BCUT2D eigenvalue weighted by Gasteiger charge is 2.22. The number of rotatable bonds is 4. The Morgan fingerprint density at radius 2 is 2.22 bits per heavy atom. The standard InChI is InChI=1S/C18H23N3O2/c1-12(2)15-10-16(21(3)20-15)18(22)19-11-17-14-7-5-4-6-13(14)8-9-23-17/h4-7,10,12,17H,8-9,11H2,1-3H3,(H,19,22)/t17-/m0/s1. The van der Waals surface area contributed by atoms with Crippen molar-refractivity contribution in [3.05, 3.63) is 52.8 Å². The van der Waals surface area contributed by atoms with Gasteiger partial charge in [-0.15, -0.1) is 0 Å². The first-order valence-corrected chi connectivity index (χ1v) is 8.08. The molecule has 1 aliphatic heterocycles. The van der Waals surface area contributed by atoms with Gasteiger partial charge < -0.3 is 10.1 Å². The number of carbonyl (C=O) groups is 1. The number of carbonyl (C=O) groups excluding carboxylic acids is 1. The summed E-state index contributed by atoms with van der Waals surface area (Å²) in [6.07, 6.45) is 0.849. The Hall–Kier alpha value is -2.14. The second kappa shape index (κ2) is 6.54. The van der Waals surface area contributed by atoms with Gasteiger partial charge in [0.1, 0.15) is 11.8 Å². The van der Waals surface area contributed by atoms with E-state index in [0.29, 0.717) is 24.8 Å². The average molecular weight is 313 g/mol. The molecule has 5 heteroatoms. The van der Waals surface area contributed by atoms with E-state index in [1.165, 1.54) is 11.1 Å². The van der Waals surface area contributed by atoms with Gasteiger partial charge in [0, 0.05) is 13.6 Å². The zero-order valence-corrected chi connectivity index (χ0v) is 13.9. The number of amides is 1. The Balaban J connectivity index is 1.68. The van der Waals surface area contributed by atoms with Crippen LogP contribution in [0.1, 0.15) is 53.2 Å². The molecule has 1 aliphatic rings. The number of fused-ring (bicyclic) bond motifs is 1. The first-order valence-electron chi connectivity index (χ1n) is 8.08. The van der Waals surface area contributed by atoms with Crippen LogP contribution in [0.5, 0.6) is 0 Å². The van der Waals surface area contributed by atoms with Gasteiger partial charge in [-0.25, -0.2) is 0 Å². The summed E-state index contributed by atoms with van der Waals surface area (Å²) >= 11 is 0. The number of ether oxygens (including phenoxy) is 1. The van der Waals surface area contributed by atoms with Crippen molar-refractivity contribution in [1.29, 1.82) is 0 Å². The largest absolute Gasteiger partial charge is 0.371 e. The number of benzene rings is 1. The van der Waals surface area contributed by atoms with Gasteiger partial charge in [-0.1, -0.05) is 38.1 Å². The van der Waals surface area contributed by atoms with Gasteiger partial charge in [-0.05, 0) is 29.5 Å². The summed E-state index contributed by atoms with van der Waals surface area (Å²) in [6, 6.07) is 10.1. The van der Waals surface area contributed by atoms with Crippen LogP contribution >= 0.6 is 0 Å². The molecule has 0 unspecified atom stereocenters. The molecule has 0 saturated carbocycles. The maximum atomic E-state index is 12.4. The normalized spacial score (nSPS) is 17.1. The van der Waals surface area contributed by atoms with Crippen molar-refractivity contribution in [3.63, 3.8) is 0 Å². The van der Waals surface area contributed by atoms with E-state index in [1.807, 2.05) is 18.2 Å². The summed E-state index contributed by atoms with van der Waals surface area (Å²) in [5.41, 5.74) is 3.99. The molecule has 0 bridgehead atoms. The number of aryl methyl sites for hydroxylation is 1. The molecule has 1 amide bonds. The molecule has 3 rings (SSSR count). The summed E-state index contributed by atoms with van der Waals surface area (Å²) in [7, 11) is 1.80. The van der Waals surface area contributed by atoms with E-state index in [9.17, 15) is 4.79 Å². The van der Waals surface area contributed by atoms with Crippen molar-refractivity contribution in [2.75, 3.05) is 13.2 Å². The van der Waals surface area contributed by atoms with E-state index in [1.54, 1.807) is 11.7 Å². The third kappa shape index (κ3) is 3.29. The predicted molar refractivity (Wildman–Crippen MR) is 88.5 cm³/mol. The van der Waals surface area contributed by atoms with E-state index in [4.69, 9.17) is 4.74 Å². The van der Waals surface area contributed by atoms with E-state index < -0.39 is 0 Å². The number of hydrogen-bond donors (Lipinski definition) is 1. The minimum Gasteiger partial charge on any atom is -0.371 e. The highest BCUT2D eigenvalue weighted by molar-refractivity contribution is 5.92. The molecule has 0 fully saturated rings. The average Bonchev–Trinajstić information content (AvgIpc) is 2.95. The van der Waals surface area contributed by atoms with Crippen molar-refractivity contribution in [3.8, 4) is 0 Å². The SMILES string of the molecule is CC(C)c1cc(C(=O)NC[C@@H]2OCCc3ccccc32)n(C)n1. The van der Waals surface area contributed by atoms with Gasteiger partial charge in [0.2, 0.25) is 0 Å². The third-order valence-electron chi connectivity index (χ3n) is 4.26. The zero-order chi connectivity index (χ0) is 16.4. The van der Waals surface area contributed by atoms with Crippen LogP contribution in [-0.2, 0) is 18.2 Å². The summed E-state index contributed by atoms with van der Waals surface area (Å²) in [4.78, 5) is 12.4. The molecule has 1 N–H and O–H groups in total. The molecule has 0 saturated heterocycles. The molecule has 1 atom stereocenters. The van der Waals surface area contributed by atoms with E-state index >= 15 is 0 Å². The highest BCUT2D eigenvalue weighted by Crippen LogP contribution is 2.26. The summed E-state index contributed by atoms with van der Waals surface area (Å²) in [5, 5.41) is 7.36. The Morgan fingerprint density at radius 3 is 2.96 bits per heavy atom. The van der Waals surface area contributed by atoms with Gasteiger partial charge >= 0.3 is 0 Å². The molecule has 0 spiro atoms. The number of nitrogens with one attached hydrogen (secondary N) is 1. The fraction of sp³-hybridized carbons (Fsp3) is 0.444. The van der Waals surface area contributed by atoms with E-state index in [-0.39, 0.29) is 12.0 Å². The molecule has 23 heavy (non-hydrogen) atoms. The molecule has 2 heterocycles. The van der Waals surface area contributed by atoms with Gasteiger partial charge in [0.05, 0.1) is 12.3 Å². The van der Waals surface area contributed by atoms with E-state index in [0.717, 1.165) is 12.1 Å². The molecular weight excluding hydrogens is 290 g/mol. The Bertz CT molecular complexity index is 706. The molecule has 122 valence electrons. The molecule has 1 aromatic heterocycles. The predicted octanol–water partition coefficient (Wildman–Crippen LogP) is 2.59. The Labute approximate surface area is 136 Å². The van der Waals surface area contributed by atoms with Gasteiger partial charge in [-0.3, -0.25) is 9.48 Å². The molecular formula is C18H23N3O2. The van der Waals surface area contributed by atoms with Crippen LogP contribution in [0.3, 0.4) is 0 Å². The second-order valence-corrected chi connectivity index (χ2v) is 6.25. The number of hydrogen-bond acceptors (Lipinski definition) is 3.